The number of nitrogens with two attached hydrogens (primary N) is 1. The molecule has 146 valence electrons. The summed E-state index contributed by atoms with van der Waals surface area (Å²) in [6.45, 7) is 0.603. The van der Waals surface area contributed by atoms with E-state index in [4.69, 9.17) is 10.6 Å². The van der Waals surface area contributed by atoms with E-state index < -0.39 is 0 Å². The summed E-state index contributed by atoms with van der Waals surface area (Å²) in [5.41, 5.74) is 0.824. The molecule has 0 saturated carbocycles. The molecule has 28 heavy (non-hydrogen) atoms. The first-order valence-corrected chi connectivity index (χ1v) is 10.6. The number of hydrogen-bond acceptors (Lipinski definition) is 7. The van der Waals surface area contributed by atoms with E-state index in [0.717, 1.165) is 17.1 Å². The molecule has 0 aliphatic carbocycles. The van der Waals surface area contributed by atoms with Crippen LogP contribution in [0.4, 0.5) is 0 Å². The Morgan fingerprint density at radius 3 is 2.57 bits per heavy atom. The fraction of sp³-hybridized carbons (Fsp3) is 0.211. The number of ether oxygens (including phenoxy) is 1. The fourth-order valence-corrected chi connectivity index (χ4v) is 3.85. The number of benzene rings is 2. The van der Waals surface area contributed by atoms with Crippen LogP contribution in [0.2, 0.25) is 0 Å². The molecule has 0 bridgehead atoms. The van der Waals surface area contributed by atoms with Gasteiger partial charge in [-0.1, -0.05) is 30.0 Å². The van der Waals surface area contributed by atoms with Gasteiger partial charge < -0.3 is 15.9 Å². The zero-order valence-electron chi connectivity index (χ0n) is 15.4. The molecule has 0 aliphatic heterocycles. The zero-order chi connectivity index (χ0) is 19.8. The molecule has 2 aromatic carbocycles. The third-order valence-electron chi connectivity index (χ3n) is 3.78. The molecule has 0 spiro atoms. The smallest absolute Gasteiger partial charge is 0.230 e. The van der Waals surface area contributed by atoms with E-state index in [0.29, 0.717) is 17.5 Å². The van der Waals surface area contributed by atoms with Crippen molar-refractivity contribution in [1.82, 2.24) is 20.2 Å². The SMILES string of the molecule is COc1ccc(-c2nnc(SCC(=O)NCCSc3ccccc3)n2N)cc1. The Bertz CT molecular complexity index is 900. The van der Waals surface area contributed by atoms with Gasteiger partial charge in [-0.3, -0.25) is 4.79 Å². The minimum atomic E-state index is -0.0624. The molecule has 0 unspecified atom stereocenters. The maximum absolute atomic E-state index is 12.0. The largest absolute Gasteiger partial charge is 0.497 e. The number of carbonyl (C=O) groups is 1. The zero-order valence-corrected chi connectivity index (χ0v) is 17.0. The molecule has 1 aromatic heterocycles. The average molecular weight is 416 g/mol. The minimum absolute atomic E-state index is 0.0624. The van der Waals surface area contributed by atoms with Crippen LogP contribution in [0.1, 0.15) is 0 Å². The Hall–Kier alpha value is -2.65. The van der Waals surface area contributed by atoms with Crippen LogP contribution in [0.15, 0.2) is 64.6 Å². The van der Waals surface area contributed by atoms with Crippen molar-refractivity contribution >= 4 is 29.4 Å². The van der Waals surface area contributed by atoms with E-state index >= 15 is 0 Å². The number of thioether (sulfide) groups is 2. The summed E-state index contributed by atoms with van der Waals surface area (Å²) in [4.78, 5) is 13.2. The van der Waals surface area contributed by atoms with Crippen molar-refractivity contribution in [2.24, 2.45) is 0 Å². The summed E-state index contributed by atoms with van der Waals surface area (Å²) in [5, 5.41) is 11.6. The molecule has 0 aliphatic rings. The van der Waals surface area contributed by atoms with Crippen molar-refractivity contribution in [1.29, 1.82) is 0 Å². The Morgan fingerprint density at radius 1 is 1.11 bits per heavy atom. The van der Waals surface area contributed by atoms with Crippen molar-refractivity contribution < 1.29 is 9.53 Å². The molecule has 0 saturated heterocycles. The number of nitrogens with zero attached hydrogens (tertiary/aromatic N) is 3. The number of amides is 1. The third-order valence-corrected chi connectivity index (χ3v) is 5.74. The number of hydrogen-bond donors (Lipinski definition) is 2. The number of rotatable bonds is 9. The van der Waals surface area contributed by atoms with Gasteiger partial charge in [0.15, 0.2) is 5.82 Å². The van der Waals surface area contributed by atoms with Gasteiger partial charge in [0.1, 0.15) is 5.75 Å². The van der Waals surface area contributed by atoms with Crippen LogP contribution in [0.5, 0.6) is 5.75 Å². The summed E-state index contributed by atoms with van der Waals surface area (Å²) < 4.78 is 6.54. The molecule has 1 heterocycles. The number of aromatic nitrogens is 3. The Balaban J connectivity index is 1.45. The minimum Gasteiger partial charge on any atom is -0.497 e. The topological polar surface area (TPSA) is 95.1 Å². The van der Waals surface area contributed by atoms with Gasteiger partial charge in [-0.15, -0.1) is 22.0 Å². The lowest BCUT2D eigenvalue weighted by Crippen LogP contribution is -2.27. The number of nitrogen functional groups attached to an aromatic ring is 1. The van der Waals surface area contributed by atoms with Gasteiger partial charge >= 0.3 is 0 Å². The number of methoxy groups -OCH3 is 1. The molecule has 3 rings (SSSR count). The molecule has 0 radical (unpaired) electrons. The molecule has 7 nitrogen and oxygen atoms in total. The van der Waals surface area contributed by atoms with Crippen LogP contribution < -0.4 is 15.9 Å². The summed E-state index contributed by atoms with van der Waals surface area (Å²) in [6, 6.07) is 17.5. The van der Waals surface area contributed by atoms with Crippen molar-refractivity contribution in [3.8, 4) is 17.1 Å². The summed E-state index contributed by atoms with van der Waals surface area (Å²) in [5.74, 6) is 8.35. The van der Waals surface area contributed by atoms with E-state index in [-0.39, 0.29) is 11.7 Å². The second kappa shape index (κ2) is 10.0. The number of nitrogens with one attached hydrogen (secondary N) is 1. The van der Waals surface area contributed by atoms with E-state index in [1.54, 1.807) is 18.9 Å². The first-order chi connectivity index (χ1) is 13.7. The van der Waals surface area contributed by atoms with E-state index in [2.05, 4.69) is 27.6 Å². The van der Waals surface area contributed by atoms with Crippen LogP contribution in [0.25, 0.3) is 11.4 Å². The predicted molar refractivity (Wildman–Crippen MR) is 113 cm³/mol. The lowest BCUT2D eigenvalue weighted by molar-refractivity contribution is -0.118. The van der Waals surface area contributed by atoms with E-state index in [1.807, 2.05) is 42.5 Å². The molecular formula is C19H21N5O2S2. The molecule has 9 heteroatoms. The van der Waals surface area contributed by atoms with Gasteiger partial charge in [-0.2, -0.15) is 0 Å². The van der Waals surface area contributed by atoms with Crippen LogP contribution in [0.3, 0.4) is 0 Å². The predicted octanol–water partition coefficient (Wildman–Crippen LogP) is 2.67. The second-order valence-corrected chi connectivity index (χ2v) is 7.82. The van der Waals surface area contributed by atoms with Crippen LogP contribution in [0, 0.1) is 0 Å². The van der Waals surface area contributed by atoms with Gasteiger partial charge in [0, 0.05) is 22.8 Å². The molecule has 0 atom stereocenters. The summed E-state index contributed by atoms with van der Waals surface area (Å²) in [7, 11) is 1.61. The van der Waals surface area contributed by atoms with Crippen LogP contribution >= 0.6 is 23.5 Å². The lowest BCUT2D eigenvalue weighted by atomic mass is 10.2. The van der Waals surface area contributed by atoms with Gasteiger partial charge in [0.05, 0.1) is 12.9 Å². The van der Waals surface area contributed by atoms with Crippen LogP contribution in [-0.2, 0) is 4.79 Å². The lowest BCUT2D eigenvalue weighted by Gasteiger charge is -2.06. The highest BCUT2D eigenvalue weighted by atomic mass is 32.2. The normalized spacial score (nSPS) is 10.6. The number of carbonyl (C=O) groups excluding carboxylic acids is 1. The molecule has 1 amide bonds. The maximum atomic E-state index is 12.0. The van der Waals surface area contributed by atoms with E-state index in [9.17, 15) is 4.79 Å². The monoisotopic (exact) mass is 415 g/mol. The molecule has 0 fully saturated rings. The van der Waals surface area contributed by atoms with Gasteiger partial charge in [0.25, 0.3) is 0 Å². The highest BCUT2D eigenvalue weighted by Crippen LogP contribution is 2.23. The van der Waals surface area contributed by atoms with Gasteiger partial charge in [0.2, 0.25) is 11.1 Å². The standard InChI is InChI=1S/C19H21N5O2S2/c1-26-15-9-7-14(8-10-15)18-22-23-19(24(18)20)28-13-17(25)21-11-12-27-16-5-3-2-4-6-16/h2-10H,11-13,20H2,1H3,(H,21,25). The maximum Gasteiger partial charge on any atom is 0.230 e. The Kier molecular flexibility index (Phi) is 7.21. The Morgan fingerprint density at radius 2 is 1.86 bits per heavy atom. The van der Waals surface area contributed by atoms with Crippen molar-refractivity contribution in [2.75, 3.05) is 31.0 Å². The van der Waals surface area contributed by atoms with Crippen molar-refractivity contribution in [2.45, 2.75) is 10.1 Å². The van der Waals surface area contributed by atoms with Crippen molar-refractivity contribution in [3.63, 3.8) is 0 Å². The molecular weight excluding hydrogens is 394 g/mol. The Labute approximate surface area is 172 Å². The second-order valence-electron chi connectivity index (χ2n) is 5.70. The first kappa shape index (κ1) is 20.1. The highest BCUT2D eigenvalue weighted by molar-refractivity contribution is 7.99. The summed E-state index contributed by atoms with van der Waals surface area (Å²) in [6.07, 6.45) is 0. The quantitative estimate of drug-likeness (QED) is 0.315. The summed E-state index contributed by atoms with van der Waals surface area (Å²) >= 11 is 2.96. The fourth-order valence-electron chi connectivity index (χ4n) is 2.37. The molecule has 3 aromatic rings. The van der Waals surface area contributed by atoms with Crippen molar-refractivity contribution in [3.05, 3.63) is 54.6 Å². The average Bonchev–Trinajstić information content (AvgIpc) is 3.11. The van der Waals surface area contributed by atoms with Gasteiger partial charge in [-0.05, 0) is 36.4 Å². The highest BCUT2D eigenvalue weighted by Gasteiger charge is 2.13. The van der Waals surface area contributed by atoms with E-state index in [1.165, 1.54) is 21.3 Å². The van der Waals surface area contributed by atoms with Gasteiger partial charge in [-0.25, -0.2) is 4.68 Å². The first-order valence-electron chi connectivity index (χ1n) is 8.59. The third kappa shape index (κ3) is 5.43. The molecule has 3 N–H and O–H groups in total. The van der Waals surface area contributed by atoms with Crippen LogP contribution in [-0.4, -0.2) is 45.9 Å².